The van der Waals surface area contributed by atoms with Gasteiger partial charge in [0.2, 0.25) is 0 Å². The molecule has 0 aromatic heterocycles. The molecular formula is C14H20N2O. The van der Waals surface area contributed by atoms with Gasteiger partial charge >= 0.3 is 0 Å². The largest absolute Gasteiger partial charge is 0.426 e. The Bertz CT molecular complexity index is 438. The Morgan fingerprint density at radius 3 is 2.71 bits per heavy atom. The molecule has 92 valence electrons. The molecule has 0 N–H and O–H groups in total. The fourth-order valence-corrected chi connectivity index (χ4v) is 1.93. The number of ether oxygens (including phenoxy) is 1. The normalized spacial score (nSPS) is 15.4. The van der Waals surface area contributed by atoms with E-state index in [4.69, 9.17) is 4.74 Å². The van der Waals surface area contributed by atoms with Crippen molar-refractivity contribution in [2.24, 2.45) is 4.99 Å². The van der Waals surface area contributed by atoms with Gasteiger partial charge in [0.05, 0.1) is 6.54 Å². The van der Waals surface area contributed by atoms with Crippen LogP contribution in [0.5, 0.6) is 5.75 Å². The first kappa shape index (κ1) is 12.0. The first-order valence-electron chi connectivity index (χ1n) is 6.12. The molecule has 0 bridgehead atoms. The van der Waals surface area contributed by atoms with Crippen molar-refractivity contribution < 1.29 is 4.74 Å². The van der Waals surface area contributed by atoms with E-state index in [1.807, 2.05) is 11.9 Å². The van der Waals surface area contributed by atoms with Gasteiger partial charge in [-0.2, -0.15) is 0 Å². The number of nitrogens with zero attached hydrogens (tertiary/aromatic N) is 2. The molecule has 0 fully saturated rings. The molecule has 1 aromatic rings. The first-order valence-corrected chi connectivity index (χ1v) is 6.12. The van der Waals surface area contributed by atoms with Crippen LogP contribution in [0.4, 0.5) is 0 Å². The van der Waals surface area contributed by atoms with Gasteiger partial charge in [-0.05, 0) is 30.0 Å². The third kappa shape index (κ3) is 2.60. The maximum Gasteiger partial charge on any atom is 0.292 e. The summed E-state index contributed by atoms with van der Waals surface area (Å²) in [5, 5.41) is 0. The molecule has 0 saturated heterocycles. The Labute approximate surface area is 103 Å². The van der Waals surface area contributed by atoms with E-state index >= 15 is 0 Å². The lowest BCUT2D eigenvalue weighted by atomic mass is 10.0. The first-order chi connectivity index (χ1) is 8.08. The fraction of sp³-hybridized carbons (Fsp3) is 0.500. The number of aryl methyl sites for hydroxylation is 1. The van der Waals surface area contributed by atoms with Crippen LogP contribution in [0.25, 0.3) is 0 Å². The Kier molecular flexibility index (Phi) is 3.36. The average molecular weight is 232 g/mol. The van der Waals surface area contributed by atoms with Gasteiger partial charge in [0.25, 0.3) is 6.02 Å². The number of aliphatic imine (C=N–C) groups is 1. The second-order valence-electron chi connectivity index (χ2n) is 4.88. The van der Waals surface area contributed by atoms with E-state index in [-0.39, 0.29) is 0 Å². The van der Waals surface area contributed by atoms with Crippen molar-refractivity contribution in [3.8, 4) is 5.75 Å². The van der Waals surface area contributed by atoms with E-state index in [9.17, 15) is 0 Å². The van der Waals surface area contributed by atoms with Gasteiger partial charge in [-0.15, -0.1) is 0 Å². The minimum absolute atomic E-state index is 0.456. The lowest BCUT2D eigenvalue weighted by molar-refractivity contribution is 0.418. The monoisotopic (exact) mass is 232 g/mol. The van der Waals surface area contributed by atoms with E-state index in [0.29, 0.717) is 5.92 Å². The number of hydrogen-bond acceptors (Lipinski definition) is 3. The van der Waals surface area contributed by atoms with Crippen molar-refractivity contribution in [2.75, 3.05) is 20.1 Å². The highest BCUT2D eigenvalue weighted by Gasteiger charge is 2.17. The molecule has 0 atom stereocenters. The maximum atomic E-state index is 5.94. The molecule has 0 saturated carbocycles. The molecule has 0 spiro atoms. The summed E-state index contributed by atoms with van der Waals surface area (Å²) in [5.41, 5.74) is 2.45. The predicted octanol–water partition coefficient (Wildman–Crippen LogP) is 2.80. The fourth-order valence-electron chi connectivity index (χ4n) is 1.93. The van der Waals surface area contributed by atoms with Gasteiger partial charge in [-0.25, -0.2) is 4.99 Å². The molecule has 0 aliphatic carbocycles. The number of benzene rings is 1. The van der Waals surface area contributed by atoms with Gasteiger partial charge < -0.3 is 9.64 Å². The summed E-state index contributed by atoms with van der Waals surface area (Å²) < 4.78 is 5.94. The van der Waals surface area contributed by atoms with Gasteiger partial charge in [-0.3, -0.25) is 0 Å². The van der Waals surface area contributed by atoms with Crippen LogP contribution in [0, 0.1) is 6.92 Å². The molecule has 3 heteroatoms. The molecule has 0 unspecified atom stereocenters. The van der Waals surface area contributed by atoms with Crippen LogP contribution in [-0.4, -0.2) is 31.1 Å². The predicted molar refractivity (Wildman–Crippen MR) is 70.8 cm³/mol. The van der Waals surface area contributed by atoms with Crippen molar-refractivity contribution in [2.45, 2.75) is 26.7 Å². The Morgan fingerprint density at radius 1 is 1.35 bits per heavy atom. The van der Waals surface area contributed by atoms with Crippen molar-refractivity contribution in [1.29, 1.82) is 0 Å². The van der Waals surface area contributed by atoms with E-state index in [1.165, 1.54) is 11.1 Å². The van der Waals surface area contributed by atoms with Crippen LogP contribution in [-0.2, 0) is 0 Å². The lowest BCUT2D eigenvalue weighted by Crippen LogP contribution is -2.27. The maximum absolute atomic E-state index is 5.94. The van der Waals surface area contributed by atoms with E-state index in [2.05, 4.69) is 44.0 Å². The minimum atomic E-state index is 0.456. The van der Waals surface area contributed by atoms with E-state index in [0.717, 1.165) is 24.9 Å². The molecule has 0 radical (unpaired) electrons. The lowest BCUT2D eigenvalue weighted by Gasteiger charge is -2.18. The molecule has 1 aromatic carbocycles. The summed E-state index contributed by atoms with van der Waals surface area (Å²) in [5.74, 6) is 1.39. The Hall–Kier alpha value is -1.51. The third-order valence-electron chi connectivity index (χ3n) is 3.00. The highest BCUT2D eigenvalue weighted by Crippen LogP contribution is 2.28. The molecule has 2 rings (SSSR count). The molecule has 17 heavy (non-hydrogen) atoms. The zero-order valence-electron chi connectivity index (χ0n) is 11.0. The molecule has 1 aliphatic heterocycles. The Balaban J connectivity index is 2.27. The smallest absolute Gasteiger partial charge is 0.292 e. The second kappa shape index (κ2) is 4.78. The van der Waals surface area contributed by atoms with Crippen LogP contribution in [0.15, 0.2) is 23.2 Å². The van der Waals surface area contributed by atoms with Crippen LogP contribution in [0.3, 0.4) is 0 Å². The van der Waals surface area contributed by atoms with E-state index in [1.54, 1.807) is 0 Å². The van der Waals surface area contributed by atoms with Crippen molar-refractivity contribution in [3.05, 3.63) is 29.3 Å². The van der Waals surface area contributed by atoms with Gasteiger partial charge in [0, 0.05) is 13.6 Å². The topological polar surface area (TPSA) is 24.8 Å². The number of hydrogen-bond donors (Lipinski definition) is 0. The molecule has 3 nitrogen and oxygen atoms in total. The van der Waals surface area contributed by atoms with Crippen LogP contribution < -0.4 is 4.74 Å². The molecule has 0 amide bonds. The third-order valence-corrected chi connectivity index (χ3v) is 3.00. The summed E-state index contributed by atoms with van der Waals surface area (Å²) in [6.07, 6.45) is 0. The standard InChI is InChI=1S/C14H20N2O/c1-10(2)12-6-5-11(3)9-13(12)17-14-15-7-8-16(14)4/h5-6,9-10H,7-8H2,1-4H3. The summed E-state index contributed by atoms with van der Waals surface area (Å²) in [6, 6.07) is 7.09. The van der Waals surface area contributed by atoms with Gasteiger partial charge in [-0.1, -0.05) is 26.0 Å². The van der Waals surface area contributed by atoms with Crippen molar-refractivity contribution >= 4 is 6.02 Å². The summed E-state index contributed by atoms with van der Waals surface area (Å²) in [6.45, 7) is 8.21. The summed E-state index contributed by atoms with van der Waals surface area (Å²) in [4.78, 5) is 6.41. The number of rotatable bonds is 2. The zero-order valence-corrected chi connectivity index (χ0v) is 11.0. The van der Waals surface area contributed by atoms with Crippen LogP contribution >= 0.6 is 0 Å². The van der Waals surface area contributed by atoms with Gasteiger partial charge in [0.1, 0.15) is 5.75 Å². The van der Waals surface area contributed by atoms with Gasteiger partial charge in [0.15, 0.2) is 0 Å². The summed E-state index contributed by atoms with van der Waals surface area (Å²) >= 11 is 0. The van der Waals surface area contributed by atoms with Crippen LogP contribution in [0.1, 0.15) is 30.9 Å². The Morgan fingerprint density at radius 2 is 2.12 bits per heavy atom. The minimum Gasteiger partial charge on any atom is -0.426 e. The highest BCUT2D eigenvalue weighted by atomic mass is 16.5. The highest BCUT2D eigenvalue weighted by molar-refractivity contribution is 5.78. The summed E-state index contributed by atoms with van der Waals surface area (Å²) in [7, 11) is 2.01. The number of amidine groups is 1. The molecular weight excluding hydrogens is 212 g/mol. The van der Waals surface area contributed by atoms with Crippen molar-refractivity contribution in [3.63, 3.8) is 0 Å². The molecule has 1 aliphatic rings. The second-order valence-corrected chi connectivity index (χ2v) is 4.88. The zero-order chi connectivity index (χ0) is 12.4. The average Bonchev–Trinajstić information content (AvgIpc) is 2.64. The van der Waals surface area contributed by atoms with Crippen LogP contribution in [0.2, 0.25) is 0 Å². The molecule has 1 heterocycles. The quantitative estimate of drug-likeness (QED) is 0.783. The SMILES string of the molecule is Cc1ccc(C(C)C)c(OC2=NCCN2C)c1. The number of likely N-dealkylation sites (N-methyl/N-ethyl adjacent to an activating group) is 1. The van der Waals surface area contributed by atoms with Crippen molar-refractivity contribution in [1.82, 2.24) is 4.90 Å². The van der Waals surface area contributed by atoms with E-state index < -0.39 is 0 Å².